The van der Waals surface area contributed by atoms with Crippen LogP contribution in [0.2, 0.25) is 5.02 Å². The van der Waals surface area contributed by atoms with Crippen LogP contribution in [0.4, 0.5) is 10.6 Å². The van der Waals surface area contributed by atoms with Crippen LogP contribution in [-0.2, 0) is 20.8 Å². The van der Waals surface area contributed by atoms with Crippen molar-refractivity contribution in [2.24, 2.45) is 0 Å². The maximum Gasteiger partial charge on any atom is 0.407 e. The van der Waals surface area contributed by atoms with Crippen molar-refractivity contribution in [2.45, 2.75) is 50.4 Å². The van der Waals surface area contributed by atoms with Crippen LogP contribution in [0.5, 0.6) is 0 Å². The number of aromatic amines is 1. The van der Waals surface area contributed by atoms with E-state index in [9.17, 15) is 9.59 Å². The Morgan fingerprint density at radius 2 is 2.14 bits per heavy atom. The van der Waals surface area contributed by atoms with Gasteiger partial charge in [-0.1, -0.05) is 29.8 Å². The van der Waals surface area contributed by atoms with E-state index in [1.807, 2.05) is 24.3 Å². The number of benzene rings is 1. The maximum atomic E-state index is 12.1. The van der Waals surface area contributed by atoms with E-state index in [-0.39, 0.29) is 24.0 Å². The summed E-state index contributed by atoms with van der Waals surface area (Å²) in [5.41, 5.74) is 1.69. The summed E-state index contributed by atoms with van der Waals surface area (Å²) in [5.74, 6) is 0.603. The molecule has 2 fully saturated rings. The van der Waals surface area contributed by atoms with Crippen LogP contribution in [0.1, 0.15) is 42.9 Å². The number of nitrogens with zero attached hydrogens (tertiary/aromatic N) is 1. The second kappa shape index (κ2) is 8.84. The van der Waals surface area contributed by atoms with E-state index in [4.69, 9.17) is 21.1 Å². The molecule has 0 unspecified atom stereocenters. The van der Waals surface area contributed by atoms with Crippen molar-refractivity contribution in [3.63, 3.8) is 0 Å². The first-order valence-corrected chi connectivity index (χ1v) is 10.1. The molecule has 1 atom stereocenters. The number of carbonyl (C=O) groups is 2. The minimum atomic E-state index is -0.458. The number of anilines is 1. The highest BCUT2D eigenvalue weighted by Gasteiger charge is 2.35. The Kier molecular flexibility index (Phi) is 6.01. The first-order chi connectivity index (χ1) is 14.1. The van der Waals surface area contributed by atoms with Gasteiger partial charge >= 0.3 is 6.09 Å². The van der Waals surface area contributed by atoms with Gasteiger partial charge in [0.15, 0.2) is 0 Å². The highest BCUT2D eigenvalue weighted by molar-refractivity contribution is 6.31. The van der Waals surface area contributed by atoms with Gasteiger partial charge in [-0.2, -0.15) is 5.10 Å². The average molecular weight is 419 g/mol. The Labute approximate surface area is 173 Å². The van der Waals surface area contributed by atoms with Crippen LogP contribution in [0.15, 0.2) is 30.3 Å². The van der Waals surface area contributed by atoms with Gasteiger partial charge in [-0.25, -0.2) is 4.79 Å². The normalized spacial score (nSPS) is 23.3. The first kappa shape index (κ1) is 19.7. The molecule has 1 aliphatic heterocycles. The van der Waals surface area contributed by atoms with Crippen molar-refractivity contribution in [2.75, 3.05) is 11.9 Å². The molecule has 1 saturated heterocycles. The van der Waals surface area contributed by atoms with Crippen molar-refractivity contribution in [3.8, 4) is 0 Å². The van der Waals surface area contributed by atoms with E-state index in [1.54, 1.807) is 6.07 Å². The number of hydrogen-bond acceptors (Lipinski definition) is 5. The highest BCUT2D eigenvalue weighted by atomic mass is 35.5. The molecule has 0 bridgehead atoms. The predicted octanol–water partition coefficient (Wildman–Crippen LogP) is 3.35. The fourth-order valence-electron chi connectivity index (χ4n) is 3.51. The molecule has 154 valence electrons. The average Bonchev–Trinajstić information content (AvgIpc) is 3.36. The van der Waals surface area contributed by atoms with Crippen LogP contribution in [0.3, 0.4) is 0 Å². The molecule has 2 aromatic rings. The Bertz CT molecular complexity index is 875. The molecule has 8 nitrogen and oxygen atoms in total. The van der Waals surface area contributed by atoms with Crippen molar-refractivity contribution in [1.82, 2.24) is 15.5 Å². The molecule has 29 heavy (non-hydrogen) atoms. The minimum Gasteiger partial charge on any atom is -0.446 e. The fourth-order valence-corrected chi connectivity index (χ4v) is 3.72. The summed E-state index contributed by atoms with van der Waals surface area (Å²) in [6.07, 6.45) is 2.06. The summed E-state index contributed by atoms with van der Waals surface area (Å²) < 4.78 is 10.8. The van der Waals surface area contributed by atoms with Crippen molar-refractivity contribution >= 4 is 29.4 Å². The lowest BCUT2D eigenvalue weighted by Crippen LogP contribution is -2.36. The molecule has 1 aromatic heterocycles. The lowest BCUT2D eigenvalue weighted by Gasteiger charge is -2.33. The monoisotopic (exact) mass is 418 g/mol. The topological polar surface area (TPSA) is 105 Å². The first-order valence-electron chi connectivity index (χ1n) is 9.74. The van der Waals surface area contributed by atoms with Crippen LogP contribution >= 0.6 is 11.6 Å². The van der Waals surface area contributed by atoms with Crippen molar-refractivity contribution < 1.29 is 19.1 Å². The van der Waals surface area contributed by atoms with Gasteiger partial charge in [0.1, 0.15) is 18.0 Å². The van der Waals surface area contributed by atoms with Gasteiger partial charge in [0, 0.05) is 30.2 Å². The molecule has 2 heterocycles. The van der Waals surface area contributed by atoms with E-state index in [0.29, 0.717) is 36.8 Å². The van der Waals surface area contributed by atoms with Crippen LogP contribution in [-0.4, -0.2) is 41.0 Å². The maximum absolute atomic E-state index is 12.1. The van der Waals surface area contributed by atoms with Gasteiger partial charge in [-0.15, -0.1) is 0 Å². The van der Waals surface area contributed by atoms with E-state index in [1.165, 1.54) is 0 Å². The Hall–Kier alpha value is -2.58. The molecule has 2 amide bonds. The third-order valence-corrected chi connectivity index (χ3v) is 5.61. The van der Waals surface area contributed by atoms with Crippen molar-refractivity contribution in [3.05, 3.63) is 46.6 Å². The summed E-state index contributed by atoms with van der Waals surface area (Å²) in [7, 11) is 0. The summed E-state index contributed by atoms with van der Waals surface area (Å²) in [6.45, 7) is 0.948. The lowest BCUT2D eigenvalue weighted by molar-refractivity contribution is -0.124. The van der Waals surface area contributed by atoms with Gasteiger partial charge in [-0.05, 0) is 37.3 Å². The van der Waals surface area contributed by atoms with Crippen molar-refractivity contribution in [1.29, 1.82) is 0 Å². The molecule has 0 radical (unpaired) electrons. The molecule has 0 spiro atoms. The second-order valence-corrected chi connectivity index (χ2v) is 7.75. The third-order valence-electron chi connectivity index (χ3n) is 5.25. The van der Waals surface area contributed by atoms with Crippen LogP contribution in [0, 0.1) is 0 Å². The smallest absolute Gasteiger partial charge is 0.407 e. The fraction of sp³-hybridized carbons (Fsp3) is 0.450. The number of halogens is 1. The quantitative estimate of drug-likeness (QED) is 0.667. The van der Waals surface area contributed by atoms with Gasteiger partial charge < -0.3 is 20.1 Å². The zero-order valence-electron chi connectivity index (χ0n) is 15.8. The Balaban J connectivity index is 1.19. The molecule has 2 aliphatic rings. The summed E-state index contributed by atoms with van der Waals surface area (Å²) >= 11 is 6.07. The molecule has 9 heteroatoms. The molecular formula is C20H23ClN4O4. The van der Waals surface area contributed by atoms with E-state index in [0.717, 1.165) is 24.1 Å². The molecule has 1 aliphatic carbocycles. The number of rotatable bonds is 6. The van der Waals surface area contributed by atoms with Crippen LogP contribution in [0.25, 0.3) is 0 Å². The van der Waals surface area contributed by atoms with Gasteiger partial charge in [-0.3, -0.25) is 9.89 Å². The van der Waals surface area contributed by atoms with Gasteiger partial charge in [0.25, 0.3) is 5.91 Å². The van der Waals surface area contributed by atoms with Gasteiger partial charge in [0.2, 0.25) is 0 Å². The second-order valence-electron chi connectivity index (χ2n) is 7.34. The predicted molar refractivity (Wildman–Crippen MR) is 107 cm³/mol. The zero-order chi connectivity index (χ0) is 20.2. The number of amides is 2. The summed E-state index contributed by atoms with van der Waals surface area (Å²) in [6, 6.07) is 9.17. The summed E-state index contributed by atoms with van der Waals surface area (Å²) in [4.78, 5) is 24.0. The number of carbonyl (C=O) groups excluding carboxylic acids is 2. The summed E-state index contributed by atoms with van der Waals surface area (Å²) in [5, 5.41) is 13.2. The van der Waals surface area contributed by atoms with Crippen LogP contribution < -0.4 is 10.6 Å². The highest BCUT2D eigenvalue weighted by Crippen LogP contribution is 2.38. The molecule has 3 N–H and O–H groups in total. The number of aromatic nitrogens is 2. The Morgan fingerprint density at radius 3 is 2.90 bits per heavy atom. The SMILES string of the molecule is O=C(NCc1ccccc1Cl)O[C@H]1C[C@@H](c2cc(NC(=O)[C@H]3CCCO3)[nH]n2)C1. The number of nitrogens with one attached hydrogen (secondary N) is 3. The lowest BCUT2D eigenvalue weighted by atomic mass is 9.80. The number of ether oxygens (including phenoxy) is 2. The zero-order valence-corrected chi connectivity index (χ0v) is 16.6. The van der Waals surface area contributed by atoms with E-state index < -0.39 is 6.09 Å². The number of alkyl carbamates (subject to hydrolysis) is 1. The van der Waals surface area contributed by atoms with E-state index in [2.05, 4.69) is 20.8 Å². The number of hydrogen-bond donors (Lipinski definition) is 3. The number of H-pyrrole nitrogens is 1. The molecule has 1 aromatic carbocycles. The minimum absolute atomic E-state index is 0.145. The molecule has 1 saturated carbocycles. The van der Waals surface area contributed by atoms with E-state index >= 15 is 0 Å². The molecular weight excluding hydrogens is 396 g/mol. The third kappa shape index (κ3) is 4.89. The van der Waals surface area contributed by atoms with Gasteiger partial charge in [0.05, 0.1) is 5.69 Å². The standard InChI is InChI=1S/C20H23ClN4O4/c21-15-5-2-1-4-12(15)11-22-20(27)29-14-8-13(9-14)16-10-18(25-24-16)23-19(26)17-6-3-7-28-17/h1-2,4-5,10,13-14,17H,3,6-9,11H2,(H,22,27)(H2,23,24,25,26)/t13-,14+,17-/m1/s1. The molecule has 4 rings (SSSR count). The Morgan fingerprint density at radius 1 is 1.31 bits per heavy atom. The largest absolute Gasteiger partial charge is 0.446 e.